The van der Waals surface area contributed by atoms with Crippen molar-refractivity contribution < 1.29 is 4.74 Å². The van der Waals surface area contributed by atoms with E-state index in [1.807, 2.05) is 0 Å². The summed E-state index contributed by atoms with van der Waals surface area (Å²) >= 11 is 8.91. The lowest BCUT2D eigenvalue weighted by Gasteiger charge is -2.20. The number of hydrogen-bond donors (Lipinski definition) is 1. The zero-order chi connectivity index (χ0) is 15.6. The van der Waals surface area contributed by atoms with Crippen molar-refractivity contribution in [1.82, 2.24) is 5.32 Å². The maximum atomic E-state index is 5.47. The van der Waals surface area contributed by atoms with Gasteiger partial charge in [-0.3, -0.25) is 0 Å². The monoisotopic (exact) mass is 431 g/mol. The van der Waals surface area contributed by atoms with Crippen molar-refractivity contribution in [2.45, 2.75) is 26.8 Å². The van der Waals surface area contributed by atoms with Crippen LogP contribution < -0.4 is 10.1 Å². The minimum absolute atomic E-state index is 0.200. The van der Waals surface area contributed by atoms with Gasteiger partial charge in [0.15, 0.2) is 0 Å². The van der Waals surface area contributed by atoms with Crippen molar-refractivity contribution in [3.63, 3.8) is 0 Å². The zero-order valence-corrected chi connectivity index (χ0v) is 16.6. The van der Waals surface area contributed by atoms with E-state index in [0.717, 1.165) is 20.6 Å². The van der Waals surface area contributed by atoms with E-state index in [1.165, 1.54) is 21.6 Å². The van der Waals surface area contributed by atoms with Gasteiger partial charge in [-0.05, 0) is 75.0 Å². The van der Waals surface area contributed by atoms with Gasteiger partial charge in [-0.2, -0.15) is 0 Å². The van der Waals surface area contributed by atoms with Crippen molar-refractivity contribution in [1.29, 1.82) is 0 Å². The third-order valence-corrected chi connectivity index (χ3v) is 6.70. The van der Waals surface area contributed by atoms with E-state index >= 15 is 0 Å². The van der Waals surface area contributed by atoms with Gasteiger partial charge in [-0.15, -0.1) is 11.3 Å². The van der Waals surface area contributed by atoms with E-state index in [1.54, 1.807) is 18.4 Å². The fourth-order valence-electron chi connectivity index (χ4n) is 2.56. The molecule has 114 valence electrons. The molecule has 0 saturated carbocycles. The lowest BCUT2D eigenvalue weighted by molar-refractivity contribution is 0.408. The van der Waals surface area contributed by atoms with Crippen molar-refractivity contribution in [3.8, 4) is 5.75 Å². The van der Waals surface area contributed by atoms with Crippen LogP contribution in [-0.2, 0) is 0 Å². The summed E-state index contributed by atoms with van der Waals surface area (Å²) in [5, 5.41) is 3.58. The van der Waals surface area contributed by atoms with Gasteiger partial charge in [0.2, 0.25) is 0 Å². The van der Waals surface area contributed by atoms with Gasteiger partial charge in [-0.1, -0.05) is 19.1 Å². The van der Waals surface area contributed by atoms with E-state index in [0.29, 0.717) is 0 Å². The number of benzene rings is 1. The molecule has 21 heavy (non-hydrogen) atoms. The second-order valence-electron chi connectivity index (χ2n) is 4.95. The second-order valence-corrected chi connectivity index (χ2v) is 8.21. The average Bonchev–Trinajstić information content (AvgIpc) is 2.75. The van der Waals surface area contributed by atoms with Crippen LogP contribution in [0.2, 0.25) is 0 Å². The molecular weight excluding hydrogens is 414 g/mol. The van der Waals surface area contributed by atoms with Gasteiger partial charge in [-0.25, -0.2) is 0 Å². The molecule has 1 heterocycles. The molecule has 0 radical (unpaired) electrons. The predicted octanol–water partition coefficient (Wildman–Crippen LogP) is 5.60. The molecule has 0 spiro atoms. The first-order chi connectivity index (χ1) is 9.97. The van der Waals surface area contributed by atoms with Crippen LogP contribution in [0, 0.1) is 13.8 Å². The molecule has 0 saturated heterocycles. The Balaban J connectivity index is 2.48. The van der Waals surface area contributed by atoms with Crippen molar-refractivity contribution in [3.05, 3.63) is 48.0 Å². The zero-order valence-electron chi connectivity index (χ0n) is 12.6. The van der Waals surface area contributed by atoms with Crippen molar-refractivity contribution in [2.24, 2.45) is 0 Å². The molecule has 0 fully saturated rings. The Morgan fingerprint density at radius 3 is 2.24 bits per heavy atom. The number of halogens is 2. The number of hydrogen-bond acceptors (Lipinski definition) is 3. The minimum Gasteiger partial charge on any atom is -0.496 e. The fraction of sp³-hybridized carbons (Fsp3) is 0.375. The fourth-order valence-corrected chi connectivity index (χ4v) is 4.76. The Bertz CT molecular complexity index is 597. The molecular formula is C16H19Br2NOS. The highest BCUT2D eigenvalue weighted by atomic mass is 79.9. The van der Waals surface area contributed by atoms with E-state index < -0.39 is 0 Å². The highest BCUT2D eigenvalue weighted by molar-refractivity contribution is 9.13. The van der Waals surface area contributed by atoms with E-state index in [-0.39, 0.29) is 6.04 Å². The van der Waals surface area contributed by atoms with Crippen LogP contribution in [0.15, 0.2) is 26.5 Å². The molecule has 0 aliphatic heterocycles. The van der Waals surface area contributed by atoms with Gasteiger partial charge < -0.3 is 10.1 Å². The highest BCUT2D eigenvalue weighted by Gasteiger charge is 2.19. The maximum Gasteiger partial charge on any atom is 0.124 e. The number of nitrogens with one attached hydrogen (secondary N) is 1. The normalized spacial score (nSPS) is 12.5. The Labute approximate surface area is 147 Å². The summed E-state index contributed by atoms with van der Waals surface area (Å²) in [4.78, 5) is 1.29. The molecule has 0 aliphatic rings. The molecule has 0 aliphatic carbocycles. The minimum atomic E-state index is 0.200. The van der Waals surface area contributed by atoms with Gasteiger partial charge in [0.1, 0.15) is 5.75 Å². The summed E-state index contributed by atoms with van der Waals surface area (Å²) in [6.07, 6.45) is 0. The molecule has 1 aromatic carbocycles. The second kappa shape index (κ2) is 7.27. The highest BCUT2D eigenvalue weighted by Crippen LogP contribution is 2.38. The van der Waals surface area contributed by atoms with Crippen molar-refractivity contribution >= 4 is 43.2 Å². The number of methoxy groups -OCH3 is 1. The molecule has 1 atom stereocenters. The molecule has 5 heteroatoms. The first kappa shape index (κ1) is 17.0. The van der Waals surface area contributed by atoms with Crippen molar-refractivity contribution in [2.75, 3.05) is 13.7 Å². The number of rotatable bonds is 5. The van der Waals surface area contributed by atoms with Crippen LogP contribution in [0.5, 0.6) is 5.75 Å². The standard InChI is InChI=1S/C16H19Br2NOS/c1-5-19-14(13-8-12(17)16(18)21-13)11-6-9(2)15(20-4)10(3)7-11/h6-8,14,19H,5H2,1-4H3. The Hall–Kier alpha value is -0.360. The summed E-state index contributed by atoms with van der Waals surface area (Å²) in [5.41, 5.74) is 3.61. The molecule has 2 rings (SSSR count). The summed E-state index contributed by atoms with van der Waals surface area (Å²) < 4.78 is 7.70. The van der Waals surface area contributed by atoms with Crippen LogP contribution >= 0.6 is 43.2 Å². The maximum absolute atomic E-state index is 5.47. The van der Waals surface area contributed by atoms with Crippen LogP contribution in [0.3, 0.4) is 0 Å². The third kappa shape index (κ3) is 3.70. The summed E-state index contributed by atoms with van der Waals surface area (Å²) in [6.45, 7) is 7.24. The Morgan fingerprint density at radius 2 is 1.81 bits per heavy atom. The van der Waals surface area contributed by atoms with Crippen LogP contribution in [0.25, 0.3) is 0 Å². The SMILES string of the molecule is CCNC(c1cc(C)c(OC)c(C)c1)c1cc(Br)c(Br)s1. The number of aryl methyl sites for hydroxylation is 2. The average molecular weight is 433 g/mol. The van der Waals surface area contributed by atoms with E-state index in [4.69, 9.17) is 4.74 Å². The Kier molecular flexibility index (Phi) is 5.88. The number of ether oxygens (including phenoxy) is 1. The largest absolute Gasteiger partial charge is 0.496 e. The first-order valence-corrected chi connectivity index (χ1v) is 9.21. The molecule has 0 bridgehead atoms. The lowest BCUT2D eigenvalue weighted by atomic mass is 9.99. The van der Waals surface area contributed by atoms with Gasteiger partial charge >= 0.3 is 0 Å². The van der Waals surface area contributed by atoms with Gasteiger partial charge in [0.05, 0.1) is 16.9 Å². The molecule has 0 amide bonds. The summed E-state index contributed by atoms with van der Waals surface area (Å²) in [7, 11) is 1.73. The molecule has 1 aromatic heterocycles. The molecule has 2 aromatic rings. The van der Waals surface area contributed by atoms with Crippen LogP contribution in [0.4, 0.5) is 0 Å². The third-order valence-electron chi connectivity index (χ3n) is 3.38. The number of thiophene rings is 1. The predicted molar refractivity (Wildman–Crippen MR) is 97.7 cm³/mol. The van der Waals surface area contributed by atoms with E-state index in [9.17, 15) is 0 Å². The topological polar surface area (TPSA) is 21.3 Å². The van der Waals surface area contributed by atoms with Gasteiger partial charge in [0.25, 0.3) is 0 Å². The molecule has 2 nitrogen and oxygen atoms in total. The summed E-state index contributed by atoms with van der Waals surface area (Å²) in [6, 6.07) is 6.80. The van der Waals surface area contributed by atoms with Crippen LogP contribution in [-0.4, -0.2) is 13.7 Å². The smallest absolute Gasteiger partial charge is 0.124 e. The Morgan fingerprint density at radius 1 is 1.19 bits per heavy atom. The quantitative estimate of drug-likeness (QED) is 0.663. The molecule has 1 N–H and O–H groups in total. The first-order valence-electron chi connectivity index (χ1n) is 6.81. The molecule has 1 unspecified atom stereocenters. The van der Waals surface area contributed by atoms with Gasteiger partial charge in [0, 0.05) is 9.35 Å². The lowest BCUT2D eigenvalue weighted by Crippen LogP contribution is -2.21. The van der Waals surface area contributed by atoms with Crippen LogP contribution in [0.1, 0.15) is 34.5 Å². The summed E-state index contributed by atoms with van der Waals surface area (Å²) in [5.74, 6) is 0.975. The van der Waals surface area contributed by atoms with E-state index in [2.05, 4.69) is 76.1 Å².